The van der Waals surface area contributed by atoms with Gasteiger partial charge in [-0.25, -0.2) is 9.86 Å². The highest BCUT2D eigenvalue weighted by Gasteiger charge is 2.34. The molecule has 0 unspecified atom stereocenters. The highest BCUT2D eigenvalue weighted by Crippen LogP contribution is 2.47. The molecular formula is C32H38N4O6S. The van der Waals surface area contributed by atoms with E-state index in [-0.39, 0.29) is 18.0 Å². The monoisotopic (exact) mass is 606 g/mol. The quantitative estimate of drug-likeness (QED) is 0.400. The van der Waals surface area contributed by atoms with E-state index in [9.17, 15) is 23.1 Å². The minimum atomic E-state index is -4.24. The number of aromatic nitrogens is 1. The fraction of sp³-hybridized carbons (Fsp3) is 0.438. The van der Waals surface area contributed by atoms with E-state index in [0.717, 1.165) is 53.4 Å². The van der Waals surface area contributed by atoms with Crippen LogP contribution < -0.4 is 14.6 Å². The summed E-state index contributed by atoms with van der Waals surface area (Å²) in [7, 11) is -2.63. The largest absolute Gasteiger partial charge is 0.497 e. The van der Waals surface area contributed by atoms with E-state index in [1.807, 2.05) is 35.1 Å². The van der Waals surface area contributed by atoms with Crippen molar-refractivity contribution in [2.24, 2.45) is 5.14 Å². The number of rotatable bonds is 5. The number of hydrogen-bond acceptors (Lipinski definition) is 6. The Morgan fingerprint density at radius 3 is 2.47 bits per heavy atom. The number of nitrogens with one attached hydrogen (secondary N) is 1. The highest BCUT2D eigenvalue weighted by molar-refractivity contribution is 7.87. The summed E-state index contributed by atoms with van der Waals surface area (Å²) in [5.74, 6) is 0.0705. The van der Waals surface area contributed by atoms with E-state index in [1.54, 1.807) is 31.1 Å². The third-order valence-electron chi connectivity index (χ3n) is 9.19. The average Bonchev–Trinajstić information content (AvgIpc) is 3.18. The SMILES string of the molecule is COc1ccc2c(c1)C=C(C(=O)N1CCC(C)(O)CC1)Cn1c-2c(C2CCCCC2)c2ccc(C(=O)NS(N)(=O)=O)cc21. The van der Waals surface area contributed by atoms with Crippen molar-refractivity contribution in [2.75, 3.05) is 20.2 Å². The number of likely N-dealkylation sites (tertiary alicyclic amines) is 1. The molecule has 1 saturated carbocycles. The summed E-state index contributed by atoms with van der Waals surface area (Å²) in [6, 6.07) is 11.1. The third kappa shape index (κ3) is 5.81. The summed E-state index contributed by atoms with van der Waals surface area (Å²) in [5, 5.41) is 16.6. The summed E-state index contributed by atoms with van der Waals surface area (Å²) in [4.78, 5) is 28.7. The number of benzene rings is 2. The first-order chi connectivity index (χ1) is 20.4. The number of aliphatic hydroxyl groups is 1. The number of fused-ring (bicyclic) bond motifs is 5. The number of methoxy groups -OCH3 is 1. The van der Waals surface area contributed by atoms with Gasteiger partial charge in [0.1, 0.15) is 5.75 Å². The lowest BCUT2D eigenvalue weighted by molar-refractivity contribution is -0.130. The lowest BCUT2D eigenvalue weighted by atomic mass is 9.81. The van der Waals surface area contributed by atoms with E-state index in [2.05, 4.69) is 4.57 Å². The van der Waals surface area contributed by atoms with Gasteiger partial charge in [-0.05, 0) is 86.1 Å². The molecule has 0 atom stereocenters. The maximum Gasteiger partial charge on any atom is 0.298 e. The van der Waals surface area contributed by atoms with Crippen LogP contribution in [0.4, 0.5) is 0 Å². The van der Waals surface area contributed by atoms with Gasteiger partial charge in [-0.3, -0.25) is 9.59 Å². The van der Waals surface area contributed by atoms with Crippen LogP contribution in [-0.2, 0) is 21.5 Å². The Bertz CT molecular complexity index is 1740. The zero-order chi connectivity index (χ0) is 30.5. The standard InChI is InChI=1S/C32H38N4O6S/c1-32(39)12-14-35(15-13-32)31(38)23-16-22-17-24(42-2)9-11-25(22)29-28(20-6-4-3-5-7-20)26-10-8-21(18-27(26)36(29)19-23)30(37)34-43(33,40)41/h8-11,16-18,20,39H,3-7,12-15,19H2,1-2H3,(H,34,37)(H2,33,40,41). The molecule has 2 aromatic carbocycles. The molecule has 0 spiro atoms. The van der Waals surface area contributed by atoms with Crippen LogP contribution in [0.1, 0.15) is 79.3 Å². The minimum absolute atomic E-state index is 0.0960. The van der Waals surface area contributed by atoms with Crippen molar-refractivity contribution in [1.29, 1.82) is 0 Å². The van der Waals surface area contributed by atoms with Crippen molar-refractivity contribution < 1.29 is 27.9 Å². The van der Waals surface area contributed by atoms with Crippen LogP contribution in [0.2, 0.25) is 0 Å². The van der Waals surface area contributed by atoms with Crippen molar-refractivity contribution in [1.82, 2.24) is 14.2 Å². The average molecular weight is 607 g/mol. The molecule has 0 radical (unpaired) electrons. The molecule has 2 fully saturated rings. The summed E-state index contributed by atoms with van der Waals surface area (Å²) in [6.07, 6.45) is 8.47. The number of carbonyl (C=O) groups excluding carboxylic acids is 2. The van der Waals surface area contributed by atoms with Gasteiger partial charge in [0.2, 0.25) is 0 Å². The maximum atomic E-state index is 14.1. The Kier molecular flexibility index (Phi) is 7.60. The lowest BCUT2D eigenvalue weighted by Gasteiger charge is -2.36. The number of hydrogen-bond donors (Lipinski definition) is 3. The number of piperidine rings is 1. The molecule has 3 aliphatic rings. The topological polar surface area (TPSA) is 144 Å². The second kappa shape index (κ2) is 11.1. The van der Waals surface area contributed by atoms with Gasteiger partial charge in [0, 0.05) is 40.7 Å². The van der Waals surface area contributed by atoms with E-state index in [0.29, 0.717) is 43.2 Å². The third-order valence-corrected chi connectivity index (χ3v) is 9.66. The second-order valence-corrected chi connectivity index (χ2v) is 13.6. The normalized spacial score (nSPS) is 18.8. The van der Waals surface area contributed by atoms with Gasteiger partial charge in [-0.1, -0.05) is 25.3 Å². The van der Waals surface area contributed by atoms with Crippen LogP contribution in [0.3, 0.4) is 0 Å². The van der Waals surface area contributed by atoms with E-state index in [1.165, 1.54) is 12.0 Å². The fourth-order valence-corrected chi connectivity index (χ4v) is 7.27. The molecule has 10 nitrogen and oxygen atoms in total. The Morgan fingerprint density at radius 1 is 1.07 bits per heavy atom. The van der Waals surface area contributed by atoms with Gasteiger partial charge in [0.25, 0.3) is 22.0 Å². The van der Waals surface area contributed by atoms with Crippen LogP contribution in [0.15, 0.2) is 42.0 Å². The van der Waals surface area contributed by atoms with Gasteiger partial charge in [0.15, 0.2) is 0 Å². The van der Waals surface area contributed by atoms with Gasteiger partial charge in [0.05, 0.1) is 24.9 Å². The predicted molar refractivity (Wildman–Crippen MR) is 165 cm³/mol. The van der Waals surface area contributed by atoms with Gasteiger partial charge in [-0.2, -0.15) is 8.42 Å². The Labute approximate surface area is 251 Å². The van der Waals surface area contributed by atoms with Crippen molar-refractivity contribution in [3.05, 3.63) is 58.7 Å². The smallest absolute Gasteiger partial charge is 0.298 e. The summed E-state index contributed by atoms with van der Waals surface area (Å²) in [5.41, 5.74) is 4.74. The first-order valence-electron chi connectivity index (χ1n) is 14.9. The Balaban J connectivity index is 1.55. The van der Waals surface area contributed by atoms with Crippen LogP contribution in [0.25, 0.3) is 28.2 Å². The Hall–Kier alpha value is -3.67. The molecule has 11 heteroatoms. The van der Waals surface area contributed by atoms with Crippen molar-refractivity contribution >= 4 is 39.0 Å². The maximum absolute atomic E-state index is 14.1. The zero-order valence-electron chi connectivity index (χ0n) is 24.6. The van der Waals surface area contributed by atoms with Crippen molar-refractivity contribution in [2.45, 2.75) is 69.9 Å². The fourth-order valence-electron chi connectivity index (χ4n) is 6.90. The van der Waals surface area contributed by atoms with Crippen LogP contribution in [0.5, 0.6) is 5.75 Å². The molecule has 1 saturated heterocycles. The number of nitrogens with zero attached hydrogens (tertiary/aromatic N) is 2. The van der Waals surface area contributed by atoms with Crippen molar-refractivity contribution in [3.8, 4) is 17.0 Å². The van der Waals surface area contributed by atoms with E-state index in [4.69, 9.17) is 9.88 Å². The summed E-state index contributed by atoms with van der Waals surface area (Å²) in [6.45, 7) is 2.98. The molecule has 3 heterocycles. The van der Waals surface area contributed by atoms with E-state index >= 15 is 0 Å². The van der Waals surface area contributed by atoms with Crippen LogP contribution >= 0.6 is 0 Å². The predicted octanol–water partition coefficient (Wildman–Crippen LogP) is 4.07. The number of amides is 2. The number of ether oxygens (including phenoxy) is 1. The molecule has 1 aromatic heterocycles. The first-order valence-corrected chi connectivity index (χ1v) is 16.4. The molecule has 2 aliphatic heterocycles. The van der Waals surface area contributed by atoms with Crippen molar-refractivity contribution in [3.63, 3.8) is 0 Å². The molecule has 1 aliphatic carbocycles. The van der Waals surface area contributed by atoms with Crippen LogP contribution in [0, 0.1) is 0 Å². The first kappa shape index (κ1) is 29.4. The zero-order valence-corrected chi connectivity index (χ0v) is 25.4. The van der Waals surface area contributed by atoms with Gasteiger partial charge < -0.3 is 19.3 Å². The minimum Gasteiger partial charge on any atom is -0.497 e. The molecule has 228 valence electrons. The number of carbonyl (C=O) groups is 2. The van der Waals surface area contributed by atoms with Gasteiger partial charge in [-0.15, -0.1) is 0 Å². The molecule has 0 bridgehead atoms. The second-order valence-electron chi connectivity index (χ2n) is 12.3. The molecule has 3 aromatic rings. The van der Waals surface area contributed by atoms with E-state index < -0.39 is 21.7 Å². The van der Waals surface area contributed by atoms with Crippen LogP contribution in [-0.4, -0.2) is 60.6 Å². The van der Waals surface area contributed by atoms with Gasteiger partial charge >= 0.3 is 0 Å². The lowest BCUT2D eigenvalue weighted by Crippen LogP contribution is -2.45. The molecule has 43 heavy (non-hydrogen) atoms. The number of nitrogens with two attached hydrogens (primary N) is 1. The molecule has 4 N–H and O–H groups in total. The molecular weight excluding hydrogens is 568 g/mol. The summed E-state index contributed by atoms with van der Waals surface area (Å²) >= 11 is 0. The molecule has 2 amide bonds. The molecule has 6 rings (SSSR count). The summed E-state index contributed by atoms with van der Waals surface area (Å²) < 4.78 is 32.8. The highest BCUT2D eigenvalue weighted by atomic mass is 32.2. The Morgan fingerprint density at radius 2 is 1.79 bits per heavy atom.